The van der Waals surface area contributed by atoms with Crippen LogP contribution in [-0.4, -0.2) is 17.7 Å². The molecule has 1 atom stereocenters. The van der Waals surface area contributed by atoms with Crippen molar-refractivity contribution in [2.24, 2.45) is 5.92 Å². The Morgan fingerprint density at radius 1 is 1.53 bits per heavy atom. The summed E-state index contributed by atoms with van der Waals surface area (Å²) in [6.45, 7) is 0.456. The van der Waals surface area contributed by atoms with Crippen LogP contribution < -0.4 is 11.1 Å². The summed E-state index contributed by atoms with van der Waals surface area (Å²) in [5.74, 6) is 0.00870. The van der Waals surface area contributed by atoms with E-state index in [1.807, 2.05) is 6.08 Å². The third kappa shape index (κ3) is 3.47. The van der Waals surface area contributed by atoms with Gasteiger partial charge < -0.3 is 16.2 Å². The van der Waals surface area contributed by atoms with Crippen LogP contribution in [0.25, 0.3) is 5.57 Å². The lowest BCUT2D eigenvalue weighted by Gasteiger charge is -2.22. The van der Waals surface area contributed by atoms with Crippen molar-refractivity contribution >= 4 is 17.4 Å². The quantitative estimate of drug-likeness (QED) is 0.735. The van der Waals surface area contributed by atoms with Crippen LogP contribution in [0.5, 0.6) is 0 Å². The highest BCUT2D eigenvalue weighted by molar-refractivity contribution is 5.75. The van der Waals surface area contributed by atoms with Crippen molar-refractivity contribution in [3.63, 3.8) is 0 Å². The Bertz CT molecular complexity index is 514. The Kier molecular flexibility index (Phi) is 4.04. The third-order valence-electron chi connectivity index (χ3n) is 3.42. The second kappa shape index (κ2) is 5.73. The highest BCUT2D eigenvalue weighted by atomic mass is 19.1. The summed E-state index contributed by atoms with van der Waals surface area (Å²) in [4.78, 5) is 10.4. The number of anilines is 1. The molecule has 0 aromatic heterocycles. The minimum Gasteiger partial charge on any atom is -0.465 e. The second-order valence-corrected chi connectivity index (χ2v) is 4.79. The average molecular weight is 264 g/mol. The number of halogens is 1. The predicted molar refractivity (Wildman–Crippen MR) is 72.2 cm³/mol. The van der Waals surface area contributed by atoms with Gasteiger partial charge in [-0.1, -0.05) is 6.08 Å². The number of carbonyl (C=O) groups is 1. The molecule has 0 saturated heterocycles. The largest absolute Gasteiger partial charge is 0.465 e. The number of carboxylic acid groups (broad SMARTS) is 1. The maximum atomic E-state index is 13.2. The van der Waals surface area contributed by atoms with Crippen molar-refractivity contribution < 1.29 is 14.3 Å². The van der Waals surface area contributed by atoms with Crippen LogP contribution in [0, 0.1) is 11.7 Å². The van der Waals surface area contributed by atoms with Gasteiger partial charge in [-0.2, -0.15) is 0 Å². The standard InChI is InChI=1S/C14H17FN2O2/c15-11-5-6-13(16)12(7-11)10-3-1-9(2-4-10)8-17-14(18)19/h3,5-7,9,17H,1-2,4,8,16H2,(H,18,19). The predicted octanol–water partition coefficient (Wildman–Crippen LogP) is 2.86. The monoisotopic (exact) mass is 264 g/mol. The number of nitrogens with one attached hydrogen (secondary N) is 1. The van der Waals surface area contributed by atoms with E-state index < -0.39 is 6.09 Å². The number of rotatable bonds is 3. The third-order valence-corrected chi connectivity index (χ3v) is 3.42. The van der Waals surface area contributed by atoms with Crippen LogP contribution in [0.3, 0.4) is 0 Å². The van der Waals surface area contributed by atoms with Gasteiger partial charge in [0.15, 0.2) is 0 Å². The van der Waals surface area contributed by atoms with Crippen LogP contribution in [0.4, 0.5) is 14.9 Å². The fourth-order valence-electron chi connectivity index (χ4n) is 2.36. The van der Waals surface area contributed by atoms with Gasteiger partial charge in [0.25, 0.3) is 0 Å². The molecule has 1 amide bonds. The highest BCUT2D eigenvalue weighted by Crippen LogP contribution is 2.33. The van der Waals surface area contributed by atoms with E-state index in [4.69, 9.17) is 10.8 Å². The van der Waals surface area contributed by atoms with Gasteiger partial charge in [-0.05, 0) is 49.0 Å². The van der Waals surface area contributed by atoms with Gasteiger partial charge in [0, 0.05) is 17.8 Å². The summed E-state index contributed by atoms with van der Waals surface area (Å²) >= 11 is 0. The van der Waals surface area contributed by atoms with Crippen LogP contribution in [0.1, 0.15) is 24.8 Å². The maximum absolute atomic E-state index is 13.2. The first-order chi connectivity index (χ1) is 9.06. The number of hydrogen-bond acceptors (Lipinski definition) is 2. The number of hydrogen-bond donors (Lipinski definition) is 3. The van der Waals surface area contributed by atoms with Crippen molar-refractivity contribution in [2.45, 2.75) is 19.3 Å². The van der Waals surface area contributed by atoms with E-state index >= 15 is 0 Å². The fourth-order valence-corrected chi connectivity index (χ4v) is 2.36. The Morgan fingerprint density at radius 3 is 2.95 bits per heavy atom. The molecule has 4 nitrogen and oxygen atoms in total. The Labute approximate surface area is 111 Å². The summed E-state index contributed by atoms with van der Waals surface area (Å²) in [5, 5.41) is 10.9. The Hall–Kier alpha value is -2.04. The number of benzene rings is 1. The molecule has 1 aromatic rings. The molecule has 102 valence electrons. The molecule has 0 bridgehead atoms. The van der Waals surface area contributed by atoms with Crippen LogP contribution in [0.2, 0.25) is 0 Å². The molecule has 4 N–H and O–H groups in total. The van der Waals surface area contributed by atoms with Gasteiger partial charge in [-0.25, -0.2) is 9.18 Å². The molecular formula is C14H17FN2O2. The van der Waals surface area contributed by atoms with E-state index in [0.29, 0.717) is 18.2 Å². The summed E-state index contributed by atoms with van der Waals surface area (Å²) in [5.41, 5.74) is 8.23. The zero-order valence-corrected chi connectivity index (χ0v) is 10.5. The Morgan fingerprint density at radius 2 is 2.32 bits per heavy atom. The van der Waals surface area contributed by atoms with Crippen LogP contribution >= 0.6 is 0 Å². The van der Waals surface area contributed by atoms with Crippen molar-refractivity contribution in [1.29, 1.82) is 0 Å². The zero-order chi connectivity index (χ0) is 13.8. The molecule has 0 heterocycles. The van der Waals surface area contributed by atoms with Crippen molar-refractivity contribution in [3.8, 4) is 0 Å². The Balaban J connectivity index is 2.04. The molecule has 0 radical (unpaired) electrons. The van der Waals surface area contributed by atoms with E-state index in [1.54, 1.807) is 6.07 Å². The lowest BCUT2D eigenvalue weighted by atomic mass is 9.86. The summed E-state index contributed by atoms with van der Waals surface area (Å²) in [6, 6.07) is 4.38. The number of amides is 1. The summed E-state index contributed by atoms with van der Waals surface area (Å²) in [6.07, 6.45) is 3.49. The normalized spacial score (nSPS) is 18.8. The molecule has 1 aliphatic carbocycles. The van der Waals surface area contributed by atoms with Gasteiger partial charge in [0.2, 0.25) is 0 Å². The topological polar surface area (TPSA) is 75.3 Å². The van der Waals surface area contributed by atoms with Gasteiger partial charge in [0.1, 0.15) is 5.82 Å². The average Bonchev–Trinajstić information content (AvgIpc) is 2.40. The highest BCUT2D eigenvalue weighted by Gasteiger charge is 2.17. The zero-order valence-electron chi connectivity index (χ0n) is 10.5. The van der Waals surface area contributed by atoms with E-state index in [0.717, 1.165) is 30.4 Å². The molecule has 0 saturated carbocycles. The first-order valence-corrected chi connectivity index (χ1v) is 6.27. The SMILES string of the molecule is Nc1ccc(F)cc1C1=CCC(CNC(=O)O)CC1. The van der Waals surface area contributed by atoms with E-state index in [2.05, 4.69) is 5.32 Å². The molecular weight excluding hydrogens is 247 g/mol. The fraction of sp³-hybridized carbons (Fsp3) is 0.357. The van der Waals surface area contributed by atoms with Crippen LogP contribution in [-0.2, 0) is 0 Å². The minimum absolute atomic E-state index is 0.292. The molecule has 1 unspecified atom stereocenters. The van der Waals surface area contributed by atoms with Crippen molar-refractivity contribution in [2.75, 3.05) is 12.3 Å². The van der Waals surface area contributed by atoms with Gasteiger partial charge in [0.05, 0.1) is 0 Å². The van der Waals surface area contributed by atoms with E-state index in [-0.39, 0.29) is 5.82 Å². The summed E-state index contributed by atoms with van der Waals surface area (Å²) < 4.78 is 13.2. The summed E-state index contributed by atoms with van der Waals surface area (Å²) in [7, 11) is 0. The molecule has 2 rings (SSSR count). The molecule has 0 aliphatic heterocycles. The molecule has 0 spiro atoms. The maximum Gasteiger partial charge on any atom is 0.404 e. The number of nitrogens with two attached hydrogens (primary N) is 1. The first kappa shape index (κ1) is 13.4. The molecule has 1 aromatic carbocycles. The lowest BCUT2D eigenvalue weighted by Crippen LogP contribution is -2.28. The number of allylic oxidation sites excluding steroid dienone is 2. The van der Waals surface area contributed by atoms with Crippen molar-refractivity contribution in [1.82, 2.24) is 5.32 Å². The van der Waals surface area contributed by atoms with Gasteiger partial charge >= 0.3 is 6.09 Å². The van der Waals surface area contributed by atoms with Gasteiger partial charge in [-0.15, -0.1) is 0 Å². The van der Waals surface area contributed by atoms with E-state index in [9.17, 15) is 9.18 Å². The van der Waals surface area contributed by atoms with Crippen LogP contribution in [0.15, 0.2) is 24.3 Å². The molecule has 0 fully saturated rings. The molecule has 1 aliphatic rings. The number of nitrogen functional groups attached to an aromatic ring is 1. The molecule has 19 heavy (non-hydrogen) atoms. The lowest BCUT2D eigenvalue weighted by molar-refractivity contribution is 0.192. The van der Waals surface area contributed by atoms with E-state index in [1.165, 1.54) is 12.1 Å². The van der Waals surface area contributed by atoms with Crippen molar-refractivity contribution in [3.05, 3.63) is 35.7 Å². The second-order valence-electron chi connectivity index (χ2n) is 4.79. The first-order valence-electron chi connectivity index (χ1n) is 6.27. The minimum atomic E-state index is -0.996. The molecule has 5 heteroatoms. The van der Waals surface area contributed by atoms with Gasteiger partial charge in [-0.3, -0.25) is 0 Å². The smallest absolute Gasteiger partial charge is 0.404 e.